The molecule has 1 amide bonds. The second-order valence-corrected chi connectivity index (χ2v) is 7.01. The van der Waals surface area contributed by atoms with Gasteiger partial charge in [-0.05, 0) is 37.6 Å². The summed E-state index contributed by atoms with van der Waals surface area (Å²) in [6.07, 6.45) is 0. The third kappa shape index (κ3) is 4.35. The zero-order chi connectivity index (χ0) is 16.9. The summed E-state index contributed by atoms with van der Waals surface area (Å²) in [5.74, 6) is 0.969. The molecule has 1 aromatic carbocycles. The molecule has 0 atom stereocenters. The van der Waals surface area contributed by atoms with Crippen molar-refractivity contribution in [3.8, 4) is 0 Å². The first kappa shape index (κ1) is 17.4. The lowest BCUT2D eigenvalue weighted by molar-refractivity contribution is 0.0490. The molecule has 2 aliphatic rings. The molecule has 0 aromatic heterocycles. The van der Waals surface area contributed by atoms with Gasteiger partial charge in [-0.3, -0.25) is 9.69 Å². The summed E-state index contributed by atoms with van der Waals surface area (Å²) < 4.78 is 5.40. The number of benzene rings is 1. The highest BCUT2D eigenvalue weighted by molar-refractivity contribution is 5.94. The molecule has 0 bridgehead atoms. The average Bonchev–Trinajstić information content (AvgIpc) is 2.59. The van der Waals surface area contributed by atoms with E-state index in [2.05, 4.69) is 16.8 Å². The Morgan fingerprint density at radius 2 is 1.79 bits per heavy atom. The molecule has 3 rings (SSSR count). The number of carbonyl (C=O) groups excluding carboxylic acids is 1. The lowest BCUT2D eigenvalue weighted by Crippen LogP contribution is -2.54. The molecule has 2 aliphatic heterocycles. The fourth-order valence-electron chi connectivity index (χ4n) is 3.59. The first-order chi connectivity index (χ1) is 11.7. The largest absolute Gasteiger partial charge is 0.377 e. The molecule has 24 heavy (non-hydrogen) atoms. The Hall–Kier alpha value is -1.43. The van der Waals surface area contributed by atoms with Crippen molar-refractivity contribution in [3.05, 3.63) is 35.4 Å². The summed E-state index contributed by atoms with van der Waals surface area (Å²) in [6.45, 7) is 10.6. The van der Waals surface area contributed by atoms with Gasteiger partial charge in [-0.2, -0.15) is 0 Å². The van der Waals surface area contributed by atoms with E-state index in [-0.39, 0.29) is 5.91 Å². The maximum absolute atomic E-state index is 12.6. The van der Waals surface area contributed by atoms with Gasteiger partial charge in [0.25, 0.3) is 5.91 Å². The summed E-state index contributed by atoms with van der Waals surface area (Å²) in [7, 11) is 2.17. The summed E-state index contributed by atoms with van der Waals surface area (Å²) in [6, 6.07) is 7.83. The van der Waals surface area contributed by atoms with E-state index in [1.807, 2.05) is 36.1 Å². The number of hydrogen-bond acceptors (Lipinski definition) is 4. The van der Waals surface area contributed by atoms with Crippen LogP contribution in [0.3, 0.4) is 0 Å². The van der Waals surface area contributed by atoms with Gasteiger partial charge in [0.1, 0.15) is 0 Å². The van der Waals surface area contributed by atoms with Gasteiger partial charge in [-0.1, -0.05) is 12.1 Å². The molecule has 0 spiro atoms. The quantitative estimate of drug-likeness (QED) is 0.792. The van der Waals surface area contributed by atoms with Gasteiger partial charge in [0.15, 0.2) is 0 Å². The highest BCUT2D eigenvalue weighted by Gasteiger charge is 2.28. The molecule has 0 unspecified atom stereocenters. The van der Waals surface area contributed by atoms with Gasteiger partial charge in [-0.25, -0.2) is 0 Å². The van der Waals surface area contributed by atoms with Gasteiger partial charge in [-0.15, -0.1) is 0 Å². The average molecular weight is 331 g/mol. The monoisotopic (exact) mass is 331 g/mol. The minimum absolute atomic E-state index is 0.154. The molecule has 0 radical (unpaired) electrons. The van der Waals surface area contributed by atoms with E-state index in [1.165, 1.54) is 19.6 Å². The third-order valence-corrected chi connectivity index (χ3v) is 4.99. The fraction of sp³-hybridized carbons (Fsp3) is 0.632. The van der Waals surface area contributed by atoms with E-state index in [0.717, 1.165) is 43.2 Å². The number of nitrogens with zero attached hydrogens (tertiary/aromatic N) is 3. The fourth-order valence-corrected chi connectivity index (χ4v) is 3.59. The second-order valence-electron chi connectivity index (χ2n) is 7.01. The summed E-state index contributed by atoms with van der Waals surface area (Å²) in [5, 5.41) is 0. The number of rotatable bonds is 6. The lowest BCUT2D eigenvalue weighted by atomic mass is 10.0. The molecule has 0 N–H and O–H groups in total. The Morgan fingerprint density at radius 3 is 2.38 bits per heavy atom. The van der Waals surface area contributed by atoms with Crippen LogP contribution in [0.4, 0.5) is 0 Å². The molecule has 2 fully saturated rings. The minimum Gasteiger partial charge on any atom is -0.377 e. The van der Waals surface area contributed by atoms with Gasteiger partial charge in [0.2, 0.25) is 0 Å². The molecule has 1 aromatic rings. The Bertz CT molecular complexity index is 532. The van der Waals surface area contributed by atoms with E-state index >= 15 is 0 Å². The Kier molecular flexibility index (Phi) is 5.87. The predicted molar refractivity (Wildman–Crippen MR) is 95.1 cm³/mol. The molecular formula is C19H29N3O2. The molecule has 0 saturated carbocycles. The van der Waals surface area contributed by atoms with Gasteiger partial charge in [0.05, 0.1) is 6.61 Å². The first-order valence-corrected chi connectivity index (χ1v) is 9.02. The van der Waals surface area contributed by atoms with E-state index in [4.69, 9.17) is 4.74 Å². The van der Waals surface area contributed by atoms with Crippen LogP contribution in [0.15, 0.2) is 24.3 Å². The summed E-state index contributed by atoms with van der Waals surface area (Å²) in [5.41, 5.74) is 1.90. The van der Waals surface area contributed by atoms with Crippen molar-refractivity contribution in [1.82, 2.24) is 14.7 Å². The smallest absolute Gasteiger partial charge is 0.253 e. The van der Waals surface area contributed by atoms with Crippen molar-refractivity contribution in [1.29, 1.82) is 0 Å². The lowest BCUT2D eigenvalue weighted by Gasteiger charge is -2.42. The van der Waals surface area contributed by atoms with Crippen LogP contribution in [0, 0.1) is 5.92 Å². The SMILES string of the molecule is CCOCc1ccc(C(=O)N2CCN(CC3CN(C)C3)CC2)cc1. The standard InChI is InChI=1S/C19H29N3O2/c1-3-24-15-16-4-6-18(7-5-16)19(23)22-10-8-21(9-11-22)14-17-12-20(2)13-17/h4-7,17H,3,8-15H2,1-2H3. The van der Waals surface area contributed by atoms with Crippen molar-refractivity contribution in [2.45, 2.75) is 13.5 Å². The van der Waals surface area contributed by atoms with Crippen molar-refractivity contribution in [2.75, 3.05) is 59.5 Å². The minimum atomic E-state index is 0.154. The Balaban J connectivity index is 1.46. The Morgan fingerprint density at radius 1 is 1.12 bits per heavy atom. The van der Waals surface area contributed by atoms with Gasteiger partial charge in [0, 0.05) is 58.0 Å². The van der Waals surface area contributed by atoms with Gasteiger partial charge < -0.3 is 14.5 Å². The third-order valence-electron chi connectivity index (χ3n) is 4.99. The van der Waals surface area contributed by atoms with Crippen LogP contribution in [0.1, 0.15) is 22.8 Å². The van der Waals surface area contributed by atoms with Gasteiger partial charge >= 0.3 is 0 Å². The van der Waals surface area contributed by atoms with Crippen LogP contribution < -0.4 is 0 Å². The van der Waals surface area contributed by atoms with Crippen LogP contribution in [-0.4, -0.2) is 80.1 Å². The van der Waals surface area contributed by atoms with Crippen LogP contribution in [0.2, 0.25) is 0 Å². The van der Waals surface area contributed by atoms with Crippen molar-refractivity contribution >= 4 is 5.91 Å². The van der Waals surface area contributed by atoms with E-state index < -0.39 is 0 Å². The maximum Gasteiger partial charge on any atom is 0.253 e. The highest BCUT2D eigenvalue weighted by atomic mass is 16.5. The number of hydrogen-bond donors (Lipinski definition) is 0. The zero-order valence-corrected chi connectivity index (χ0v) is 14.9. The number of carbonyl (C=O) groups is 1. The molecular weight excluding hydrogens is 302 g/mol. The Labute approximate surface area is 145 Å². The summed E-state index contributed by atoms with van der Waals surface area (Å²) >= 11 is 0. The van der Waals surface area contributed by atoms with Crippen LogP contribution >= 0.6 is 0 Å². The second kappa shape index (κ2) is 8.10. The van der Waals surface area contributed by atoms with Crippen LogP contribution in [0.5, 0.6) is 0 Å². The normalized spacial score (nSPS) is 20.2. The first-order valence-electron chi connectivity index (χ1n) is 9.02. The van der Waals surface area contributed by atoms with E-state index in [9.17, 15) is 4.79 Å². The van der Waals surface area contributed by atoms with Crippen molar-refractivity contribution in [2.24, 2.45) is 5.92 Å². The number of likely N-dealkylation sites (tertiary alicyclic amines) is 1. The topological polar surface area (TPSA) is 36.0 Å². The molecule has 5 nitrogen and oxygen atoms in total. The molecule has 2 heterocycles. The van der Waals surface area contributed by atoms with Crippen LogP contribution in [-0.2, 0) is 11.3 Å². The van der Waals surface area contributed by atoms with Crippen molar-refractivity contribution < 1.29 is 9.53 Å². The molecule has 0 aliphatic carbocycles. The maximum atomic E-state index is 12.6. The molecule has 5 heteroatoms. The van der Waals surface area contributed by atoms with Crippen molar-refractivity contribution in [3.63, 3.8) is 0 Å². The predicted octanol–water partition coefficient (Wildman–Crippen LogP) is 1.54. The number of amides is 1. The number of piperazine rings is 1. The zero-order valence-electron chi connectivity index (χ0n) is 14.9. The van der Waals surface area contributed by atoms with E-state index in [0.29, 0.717) is 13.2 Å². The number of ether oxygens (including phenoxy) is 1. The van der Waals surface area contributed by atoms with Crippen LogP contribution in [0.25, 0.3) is 0 Å². The highest BCUT2D eigenvalue weighted by Crippen LogP contribution is 2.16. The molecule has 2 saturated heterocycles. The summed E-state index contributed by atoms with van der Waals surface area (Å²) in [4.78, 5) is 19.5. The molecule has 132 valence electrons. The van der Waals surface area contributed by atoms with E-state index in [1.54, 1.807) is 0 Å².